The van der Waals surface area contributed by atoms with Crippen LogP contribution in [0.1, 0.15) is 17.8 Å². The summed E-state index contributed by atoms with van der Waals surface area (Å²) in [5.74, 6) is 0. The first-order chi connectivity index (χ1) is 5.66. The van der Waals surface area contributed by atoms with Crippen LogP contribution in [0.4, 0.5) is 0 Å². The van der Waals surface area contributed by atoms with E-state index in [1.807, 2.05) is 14.0 Å². The molecule has 0 amide bonds. The van der Waals surface area contributed by atoms with Crippen LogP contribution in [-0.2, 0) is 18.3 Å². The lowest BCUT2D eigenvalue weighted by Crippen LogP contribution is -1.98. The van der Waals surface area contributed by atoms with Crippen molar-refractivity contribution in [1.29, 1.82) is 0 Å². The van der Waals surface area contributed by atoms with Crippen LogP contribution < -0.4 is 0 Å². The number of hydrogen-bond donors (Lipinski definition) is 0. The fourth-order valence-electron chi connectivity index (χ4n) is 1.15. The Morgan fingerprint density at radius 3 is 2.75 bits per heavy atom. The highest BCUT2D eigenvalue weighted by molar-refractivity contribution is 6.31. The minimum absolute atomic E-state index is 0.499. The van der Waals surface area contributed by atoms with Crippen molar-refractivity contribution in [3.05, 3.63) is 16.4 Å². The van der Waals surface area contributed by atoms with Crippen molar-refractivity contribution in [3.8, 4) is 0 Å². The van der Waals surface area contributed by atoms with E-state index in [0.29, 0.717) is 17.9 Å². The first-order valence-corrected chi connectivity index (χ1v) is 4.16. The molecule has 0 N–H and O–H groups in total. The molecule has 0 bridgehead atoms. The topological polar surface area (TPSA) is 34.9 Å². The van der Waals surface area contributed by atoms with Crippen LogP contribution >= 0.6 is 11.6 Å². The average molecular weight is 187 g/mol. The average Bonchev–Trinajstić information content (AvgIpc) is 2.25. The van der Waals surface area contributed by atoms with E-state index in [0.717, 1.165) is 17.7 Å². The number of carbonyl (C=O) groups is 1. The van der Waals surface area contributed by atoms with E-state index in [-0.39, 0.29) is 0 Å². The summed E-state index contributed by atoms with van der Waals surface area (Å²) in [6.07, 6.45) is 2.05. The van der Waals surface area contributed by atoms with Gasteiger partial charge in [-0.3, -0.25) is 4.68 Å². The maximum atomic E-state index is 10.1. The van der Waals surface area contributed by atoms with Gasteiger partial charge in [-0.05, 0) is 13.3 Å². The molecule has 0 saturated carbocycles. The molecule has 4 heteroatoms. The van der Waals surface area contributed by atoms with Crippen LogP contribution in [-0.4, -0.2) is 16.1 Å². The van der Waals surface area contributed by atoms with Gasteiger partial charge >= 0.3 is 0 Å². The molecular weight excluding hydrogens is 176 g/mol. The van der Waals surface area contributed by atoms with E-state index in [9.17, 15) is 4.79 Å². The molecule has 1 aromatic rings. The molecule has 0 fully saturated rings. The maximum absolute atomic E-state index is 10.1. The molecule has 3 nitrogen and oxygen atoms in total. The minimum Gasteiger partial charge on any atom is -0.303 e. The highest BCUT2D eigenvalue weighted by atomic mass is 35.5. The number of hydrogen-bond acceptors (Lipinski definition) is 2. The summed E-state index contributed by atoms with van der Waals surface area (Å²) >= 11 is 5.95. The van der Waals surface area contributed by atoms with Crippen molar-refractivity contribution in [2.45, 2.75) is 19.8 Å². The number of nitrogens with zero attached hydrogens (tertiary/aromatic N) is 2. The van der Waals surface area contributed by atoms with Gasteiger partial charge in [0.1, 0.15) is 6.29 Å². The Hall–Kier alpha value is -0.830. The molecule has 0 aliphatic carbocycles. The van der Waals surface area contributed by atoms with Crippen LogP contribution in [0.15, 0.2) is 0 Å². The lowest BCUT2D eigenvalue weighted by molar-refractivity contribution is -0.107. The van der Waals surface area contributed by atoms with Crippen molar-refractivity contribution < 1.29 is 4.79 Å². The normalized spacial score (nSPS) is 10.2. The number of aryl methyl sites for hydroxylation is 2. The Morgan fingerprint density at radius 2 is 2.33 bits per heavy atom. The van der Waals surface area contributed by atoms with Gasteiger partial charge in [-0.1, -0.05) is 11.6 Å². The van der Waals surface area contributed by atoms with Crippen molar-refractivity contribution in [1.82, 2.24) is 9.78 Å². The number of aromatic nitrogens is 2. The standard InChI is InChI=1S/C8H11ClN2O/c1-6-8(9)7(4-3-5-12)11(2)10-6/h5H,3-4H2,1-2H3. The molecule has 1 rings (SSSR count). The van der Waals surface area contributed by atoms with Crippen LogP contribution in [0, 0.1) is 6.92 Å². The summed E-state index contributed by atoms with van der Waals surface area (Å²) in [4.78, 5) is 10.1. The molecule has 0 aliphatic heterocycles. The van der Waals surface area contributed by atoms with Crippen LogP contribution in [0.2, 0.25) is 5.02 Å². The van der Waals surface area contributed by atoms with Gasteiger partial charge in [0.05, 0.1) is 16.4 Å². The van der Waals surface area contributed by atoms with Gasteiger partial charge in [0.25, 0.3) is 0 Å². The van der Waals surface area contributed by atoms with Gasteiger partial charge in [0.2, 0.25) is 0 Å². The van der Waals surface area contributed by atoms with E-state index in [4.69, 9.17) is 11.6 Å². The van der Waals surface area contributed by atoms with Gasteiger partial charge in [-0.25, -0.2) is 0 Å². The Kier molecular flexibility index (Phi) is 2.87. The Morgan fingerprint density at radius 1 is 1.67 bits per heavy atom. The van der Waals surface area contributed by atoms with Crippen molar-refractivity contribution in [2.24, 2.45) is 7.05 Å². The zero-order valence-corrected chi connectivity index (χ0v) is 7.93. The minimum atomic E-state index is 0.499. The fraction of sp³-hybridized carbons (Fsp3) is 0.500. The van der Waals surface area contributed by atoms with Crippen LogP contribution in [0.25, 0.3) is 0 Å². The third-order valence-electron chi connectivity index (χ3n) is 1.76. The largest absolute Gasteiger partial charge is 0.303 e. The van der Waals surface area contributed by atoms with Gasteiger partial charge < -0.3 is 4.79 Å². The number of aldehydes is 1. The molecule has 0 aromatic carbocycles. The van der Waals surface area contributed by atoms with Crippen LogP contribution in [0.3, 0.4) is 0 Å². The Bertz CT molecular complexity index is 293. The summed E-state index contributed by atoms with van der Waals surface area (Å²) < 4.78 is 1.72. The maximum Gasteiger partial charge on any atom is 0.120 e. The van der Waals surface area contributed by atoms with Crippen molar-refractivity contribution >= 4 is 17.9 Å². The first kappa shape index (κ1) is 9.26. The highest BCUT2D eigenvalue weighted by Crippen LogP contribution is 2.19. The van der Waals surface area contributed by atoms with Gasteiger partial charge in [-0.15, -0.1) is 0 Å². The summed E-state index contributed by atoms with van der Waals surface area (Å²) in [6, 6.07) is 0. The monoisotopic (exact) mass is 186 g/mol. The fourth-order valence-corrected chi connectivity index (χ4v) is 1.40. The Balaban J connectivity index is 2.89. The van der Waals surface area contributed by atoms with E-state index in [2.05, 4.69) is 5.10 Å². The lowest BCUT2D eigenvalue weighted by atomic mass is 10.2. The second kappa shape index (κ2) is 3.72. The molecule has 66 valence electrons. The molecule has 0 unspecified atom stereocenters. The molecule has 0 radical (unpaired) electrons. The predicted molar refractivity (Wildman–Crippen MR) is 47.3 cm³/mol. The molecular formula is C8H11ClN2O. The zero-order chi connectivity index (χ0) is 9.14. The zero-order valence-electron chi connectivity index (χ0n) is 7.17. The molecule has 1 heterocycles. The van der Waals surface area contributed by atoms with Gasteiger partial charge in [0.15, 0.2) is 0 Å². The molecule has 0 saturated heterocycles. The van der Waals surface area contributed by atoms with Gasteiger partial charge in [0, 0.05) is 13.5 Å². The van der Waals surface area contributed by atoms with E-state index in [1.165, 1.54) is 0 Å². The smallest absolute Gasteiger partial charge is 0.120 e. The number of carbonyl (C=O) groups excluding carboxylic acids is 1. The SMILES string of the molecule is Cc1nn(C)c(CCC=O)c1Cl. The summed E-state index contributed by atoms with van der Waals surface area (Å²) in [6.45, 7) is 1.85. The number of halogens is 1. The Labute approximate surface area is 76.3 Å². The molecule has 0 aliphatic rings. The molecule has 0 spiro atoms. The summed E-state index contributed by atoms with van der Waals surface area (Å²) in [5, 5.41) is 4.81. The predicted octanol–water partition coefficient (Wildman–Crippen LogP) is 1.51. The third-order valence-corrected chi connectivity index (χ3v) is 2.25. The van der Waals surface area contributed by atoms with E-state index < -0.39 is 0 Å². The van der Waals surface area contributed by atoms with E-state index in [1.54, 1.807) is 4.68 Å². The van der Waals surface area contributed by atoms with Crippen molar-refractivity contribution in [2.75, 3.05) is 0 Å². The van der Waals surface area contributed by atoms with Crippen molar-refractivity contribution in [3.63, 3.8) is 0 Å². The van der Waals surface area contributed by atoms with Crippen LogP contribution in [0.5, 0.6) is 0 Å². The molecule has 0 atom stereocenters. The van der Waals surface area contributed by atoms with E-state index >= 15 is 0 Å². The second-order valence-corrected chi connectivity index (χ2v) is 3.05. The lowest BCUT2D eigenvalue weighted by Gasteiger charge is -1.97. The summed E-state index contributed by atoms with van der Waals surface area (Å²) in [5.41, 5.74) is 1.75. The first-order valence-electron chi connectivity index (χ1n) is 3.78. The molecule has 1 aromatic heterocycles. The van der Waals surface area contributed by atoms with Gasteiger partial charge in [-0.2, -0.15) is 5.10 Å². The number of rotatable bonds is 3. The summed E-state index contributed by atoms with van der Waals surface area (Å²) in [7, 11) is 1.83. The highest BCUT2D eigenvalue weighted by Gasteiger charge is 2.09. The quantitative estimate of drug-likeness (QED) is 0.671. The second-order valence-electron chi connectivity index (χ2n) is 2.68. The molecule has 12 heavy (non-hydrogen) atoms. The third kappa shape index (κ3) is 1.67.